The van der Waals surface area contributed by atoms with Crippen molar-refractivity contribution in [2.45, 2.75) is 26.2 Å². The molecule has 1 N–H and O–H groups in total. The van der Waals surface area contributed by atoms with Crippen molar-refractivity contribution >= 4 is 11.5 Å². The van der Waals surface area contributed by atoms with Gasteiger partial charge in [0.2, 0.25) is 0 Å². The highest BCUT2D eigenvalue weighted by molar-refractivity contribution is 5.94. The number of aromatic nitrogens is 3. The van der Waals surface area contributed by atoms with Gasteiger partial charge in [0.25, 0.3) is 17.9 Å². The number of piperazine rings is 1. The molecule has 1 aliphatic heterocycles. The van der Waals surface area contributed by atoms with E-state index in [4.69, 9.17) is 5.26 Å². The van der Waals surface area contributed by atoms with E-state index in [0.29, 0.717) is 61.5 Å². The van der Waals surface area contributed by atoms with E-state index in [-0.39, 0.29) is 18.0 Å². The van der Waals surface area contributed by atoms with Gasteiger partial charge in [-0.1, -0.05) is 0 Å². The van der Waals surface area contributed by atoms with E-state index in [9.17, 15) is 18.4 Å². The minimum Gasteiger partial charge on any atom is -0.336 e. The Morgan fingerprint density at radius 2 is 2.00 bits per heavy atom. The number of aromatic amines is 1. The van der Waals surface area contributed by atoms with Crippen LogP contribution in [0, 0.1) is 11.3 Å². The number of carbonyl (C=O) groups is 1. The van der Waals surface area contributed by atoms with Gasteiger partial charge in [-0.2, -0.15) is 5.26 Å². The van der Waals surface area contributed by atoms with E-state index in [1.54, 1.807) is 28.1 Å². The summed E-state index contributed by atoms with van der Waals surface area (Å²) < 4.78 is 26.4. The number of nitrogens with one attached hydrogen (secondary N) is 1. The van der Waals surface area contributed by atoms with E-state index >= 15 is 0 Å². The Bertz CT molecular complexity index is 1190. The lowest BCUT2D eigenvalue weighted by molar-refractivity contribution is 0.0458. The summed E-state index contributed by atoms with van der Waals surface area (Å²) >= 11 is 0. The summed E-state index contributed by atoms with van der Waals surface area (Å²) in [7, 11) is 0. The Balaban J connectivity index is 1.48. The van der Waals surface area contributed by atoms with Gasteiger partial charge < -0.3 is 4.90 Å². The molecule has 0 saturated carbocycles. The van der Waals surface area contributed by atoms with E-state index in [1.807, 2.05) is 13.0 Å². The number of allylic oxidation sites excluding steroid dienone is 4. The van der Waals surface area contributed by atoms with Gasteiger partial charge in [0.15, 0.2) is 5.82 Å². The van der Waals surface area contributed by atoms with Gasteiger partial charge in [-0.25, -0.2) is 18.4 Å². The van der Waals surface area contributed by atoms with Crippen LogP contribution in [0.5, 0.6) is 0 Å². The van der Waals surface area contributed by atoms with Crippen molar-refractivity contribution in [2.24, 2.45) is 0 Å². The topological polar surface area (TPSA) is 98.0 Å². The highest BCUT2D eigenvalue weighted by Crippen LogP contribution is 2.29. The molecule has 3 heterocycles. The molecule has 0 spiro atoms. The number of pyridine rings is 1. The third-order valence-corrected chi connectivity index (χ3v) is 6.03. The maximum atomic E-state index is 13.0. The fourth-order valence-corrected chi connectivity index (χ4v) is 4.23. The van der Waals surface area contributed by atoms with Crippen molar-refractivity contribution in [3.05, 3.63) is 63.2 Å². The predicted octanol–water partition coefficient (Wildman–Crippen LogP) is 2.60. The molecule has 172 valence electrons. The first-order chi connectivity index (χ1) is 15.9. The van der Waals surface area contributed by atoms with Crippen LogP contribution in [0.3, 0.4) is 0 Å². The molecular weight excluding hydrogens is 430 g/mol. The van der Waals surface area contributed by atoms with Crippen molar-refractivity contribution < 1.29 is 13.6 Å². The molecule has 33 heavy (non-hydrogen) atoms. The number of carbonyl (C=O) groups excluding carboxylic acids is 1. The van der Waals surface area contributed by atoms with Crippen molar-refractivity contribution in [3.8, 4) is 11.9 Å². The summed E-state index contributed by atoms with van der Waals surface area (Å²) in [5.41, 5.74) is 3.14. The van der Waals surface area contributed by atoms with Crippen molar-refractivity contribution in [1.82, 2.24) is 24.6 Å². The number of amides is 1. The SMILES string of the molecule is CC1=C(c2c[nH]n(-c3ccc(C(=O)N4CCN(CC(F)F)CC4)cn3)c2=O)CCC(C#N)=C1. The standard InChI is InChI=1S/C23H24F2N6O2/c1-15-10-16(11-26)2-4-18(15)19-13-28-31(23(19)33)21-5-3-17(12-27-21)22(32)30-8-6-29(7-9-30)14-20(24)25/h3,5,10,12-13,20,28H,2,4,6-9,14H2,1H3. The molecule has 0 bridgehead atoms. The number of nitrogens with zero attached hydrogens (tertiary/aromatic N) is 5. The van der Waals surface area contributed by atoms with Crippen LogP contribution in [0.4, 0.5) is 8.78 Å². The van der Waals surface area contributed by atoms with Gasteiger partial charge in [-0.05, 0) is 49.1 Å². The quantitative estimate of drug-likeness (QED) is 0.749. The van der Waals surface area contributed by atoms with Crippen LogP contribution in [0.2, 0.25) is 0 Å². The van der Waals surface area contributed by atoms with Gasteiger partial charge in [-0.3, -0.25) is 19.6 Å². The number of halogens is 2. The van der Waals surface area contributed by atoms with Gasteiger partial charge in [0.1, 0.15) is 0 Å². The second kappa shape index (κ2) is 9.50. The average Bonchev–Trinajstić information content (AvgIpc) is 3.19. The second-order valence-electron chi connectivity index (χ2n) is 8.16. The average molecular weight is 454 g/mol. The van der Waals surface area contributed by atoms with Crippen LogP contribution in [0.25, 0.3) is 11.4 Å². The third-order valence-electron chi connectivity index (χ3n) is 6.03. The van der Waals surface area contributed by atoms with E-state index < -0.39 is 6.43 Å². The Labute approximate surface area is 189 Å². The van der Waals surface area contributed by atoms with Crippen molar-refractivity contribution in [1.29, 1.82) is 5.26 Å². The normalized spacial score (nSPS) is 17.3. The van der Waals surface area contributed by atoms with Gasteiger partial charge >= 0.3 is 0 Å². The number of nitriles is 1. The largest absolute Gasteiger partial charge is 0.336 e. The number of hydrogen-bond donors (Lipinski definition) is 1. The molecule has 4 rings (SSSR count). The molecule has 2 aromatic heterocycles. The van der Waals surface area contributed by atoms with Crippen molar-refractivity contribution in [3.63, 3.8) is 0 Å². The summed E-state index contributed by atoms with van der Waals surface area (Å²) in [6.45, 7) is 3.17. The maximum Gasteiger partial charge on any atom is 0.280 e. The van der Waals surface area contributed by atoms with Crippen LogP contribution >= 0.6 is 0 Å². The van der Waals surface area contributed by atoms with Gasteiger partial charge in [0.05, 0.1) is 23.7 Å². The Morgan fingerprint density at radius 3 is 2.61 bits per heavy atom. The lowest BCUT2D eigenvalue weighted by atomic mass is 9.90. The van der Waals surface area contributed by atoms with Crippen LogP contribution in [0.1, 0.15) is 35.7 Å². The van der Waals surface area contributed by atoms with E-state index in [0.717, 1.165) is 11.1 Å². The fraction of sp³-hybridized carbons (Fsp3) is 0.391. The number of H-pyrrole nitrogens is 1. The zero-order chi connectivity index (χ0) is 23.5. The first-order valence-electron chi connectivity index (χ1n) is 10.7. The molecule has 1 amide bonds. The molecule has 2 aliphatic rings. The lowest BCUT2D eigenvalue weighted by Gasteiger charge is -2.34. The summed E-state index contributed by atoms with van der Waals surface area (Å²) in [5, 5.41) is 12.0. The first-order valence-corrected chi connectivity index (χ1v) is 10.7. The van der Waals surface area contributed by atoms with E-state index in [1.165, 1.54) is 10.9 Å². The van der Waals surface area contributed by atoms with E-state index in [2.05, 4.69) is 16.2 Å². The molecule has 1 fully saturated rings. The fourth-order valence-electron chi connectivity index (χ4n) is 4.23. The van der Waals surface area contributed by atoms with Gasteiger partial charge in [0, 0.05) is 44.1 Å². The smallest absolute Gasteiger partial charge is 0.280 e. The minimum absolute atomic E-state index is 0.215. The molecular formula is C23H24F2N6O2. The molecule has 0 aromatic carbocycles. The Kier molecular flexibility index (Phi) is 6.51. The highest BCUT2D eigenvalue weighted by Gasteiger charge is 2.24. The Hall–Kier alpha value is -3.58. The van der Waals surface area contributed by atoms with Crippen LogP contribution in [-0.2, 0) is 0 Å². The van der Waals surface area contributed by atoms with Gasteiger partial charge in [-0.15, -0.1) is 0 Å². The summed E-state index contributed by atoms with van der Waals surface area (Å²) in [4.78, 5) is 33.3. The molecule has 0 radical (unpaired) electrons. The Morgan fingerprint density at radius 1 is 1.24 bits per heavy atom. The van der Waals surface area contributed by atoms with Crippen LogP contribution < -0.4 is 5.56 Å². The predicted molar refractivity (Wildman–Crippen MR) is 118 cm³/mol. The summed E-state index contributed by atoms with van der Waals surface area (Å²) in [6.07, 6.45) is 3.69. The van der Waals surface area contributed by atoms with Crippen LogP contribution in [-0.4, -0.2) is 69.6 Å². The molecule has 2 aromatic rings. The summed E-state index contributed by atoms with van der Waals surface area (Å²) in [5.74, 6) is 0.139. The molecule has 8 nitrogen and oxygen atoms in total. The minimum atomic E-state index is -2.38. The molecule has 10 heteroatoms. The molecule has 1 aliphatic carbocycles. The lowest BCUT2D eigenvalue weighted by Crippen LogP contribution is -2.49. The highest BCUT2D eigenvalue weighted by atomic mass is 19.3. The first kappa shape index (κ1) is 22.6. The number of hydrogen-bond acceptors (Lipinski definition) is 5. The zero-order valence-electron chi connectivity index (χ0n) is 18.2. The van der Waals surface area contributed by atoms with Crippen molar-refractivity contribution in [2.75, 3.05) is 32.7 Å². The molecule has 0 unspecified atom stereocenters. The third kappa shape index (κ3) is 4.78. The number of alkyl halides is 2. The van der Waals surface area contributed by atoms with Crippen LogP contribution in [0.15, 0.2) is 46.5 Å². The molecule has 0 atom stereocenters. The summed E-state index contributed by atoms with van der Waals surface area (Å²) in [6, 6.07) is 5.36. The second-order valence-corrected chi connectivity index (χ2v) is 8.16. The monoisotopic (exact) mass is 454 g/mol. The molecule has 1 saturated heterocycles. The number of rotatable bonds is 5. The zero-order valence-corrected chi connectivity index (χ0v) is 18.2. The maximum absolute atomic E-state index is 13.0.